The number of nitrogens with zero attached hydrogens (tertiary/aromatic N) is 2. The molecular weight excluding hydrogens is 376 g/mol. The Balaban J connectivity index is 2.12. The van der Waals surface area contributed by atoms with Crippen molar-refractivity contribution in [2.45, 2.75) is 32.2 Å². The number of thioether (sulfide) groups is 1. The van der Waals surface area contributed by atoms with Gasteiger partial charge < -0.3 is 9.30 Å². The number of carbonyl (C=O) groups excluding carboxylic acids is 1. The van der Waals surface area contributed by atoms with Gasteiger partial charge in [-0.3, -0.25) is 4.79 Å². The number of carbonyl (C=O) groups is 1. The molecule has 1 heterocycles. The van der Waals surface area contributed by atoms with E-state index >= 15 is 0 Å². The van der Waals surface area contributed by atoms with E-state index in [9.17, 15) is 4.79 Å². The van der Waals surface area contributed by atoms with Gasteiger partial charge >= 0.3 is 0 Å². The Labute approximate surface area is 167 Å². The van der Waals surface area contributed by atoms with E-state index in [0.717, 1.165) is 15.2 Å². The molecule has 0 aliphatic carbocycles. The van der Waals surface area contributed by atoms with Crippen molar-refractivity contribution in [2.24, 2.45) is 4.99 Å². The minimum atomic E-state index is -0.210. The third-order valence-electron chi connectivity index (χ3n) is 4.40. The van der Waals surface area contributed by atoms with Crippen LogP contribution in [-0.2, 0) is 11.3 Å². The van der Waals surface area contributed by atoms with E-state index in [0.29, 0.717) is 25.3 Å². The molecule has 6 heteroatoms. The smallest absolute Gasteiger partial charge is 0.279 e. The Morgan fingerprint density at radius 2 is 2.00 bits per heavy atom. The van der Waals surface area contributed by atoms with Crippen LogP contribution in [0, 0.1) is 13.8 Å². The highest BCUT2D eigenvalue weighted by Gasteiger charge is 2.13. The number of benzene rings is 2. The third kappa shape index (κ3) is 4.34. The van der Waals surface area contributed by atoms with Crippen molar-refractivity contribution < 1.29 is 9.53 Å². The number of amides is 1. The fraction of sp³-hybridized carbons (Fsp3) is 0.333. The summed E-state index contributed by atoms with van der Waals surface area (Å²) in [6, 6.07) is 11.8. The summed E-state index contributed by atoms with van der Waals surface area (Å²) in [4.78, 5) is 19.1. The number of aryl methyl sites for hydroxylation is 2. The Hall–Kier alpha value is -1.89. The van der Waals surface area contributed by atoms with Gasteiger partial charge in [0.15, 0.2) is 4.80 Å². The number of fused-ring (bicyclic) bond motifs is 1. The van der Waals surface area contributed by atoms with E-state index in [1.54, 1.807) is 23.1 Å². The lowest BCUT2D eigenvalue weighted by atomic mass is 10.1. The first-order chi connectivity index (χ1) is 13.0. The lowest BCUT2D eigenvalue weighted by Gasteiger charge is -2.08. The molecule has 4 nitrogen and oxygen atoms in total. The first-order valence-corrected chi connectivity index (χ1v) is 11.0. The van der Waals surface area contributed by atoms with Crippen molar-refractivity contribution >= 4 is 39.2 Å². The van der Waals surface area contributed by atoms with Crippen LogP contribution in [0.5, 0.6) is 0 Å². The van der Waals surface area contributed by atoms with Gasteiger partial charge in [0.2, 0.25) is 0 Å². The number of rotatable bonds is 6. The van der Waals surface area contributed by atoms with Gasteiger partial charge in [0, 0.05) is 23.6 Å². The summed E-state index contributed by atoms with van der Waals surface area (Å²) in [5, 5.41) is 0. The van der Waals surface area contributed by atoms with Crippen molar-refractivity contribution in [3.05, 3.63) is 57.9 Å². The monoisotopic (exact) mass is 400 g/mol. The molecule has 3 aromatic rings. The van der Waals surface area contributed by atoms with Crippen LogP contribution in [0.15, 0.2) is 46.3 Å². The molecule has 0 fully saturated rings. The Bertz CT molecular complexity index is 1030. The molecule has 0 N–H and O–H groups in total. The molecule has 0 atom stereocenters. The third-order valence-corrected chi connectivity index (χ3v) is 6.34. The molecule has 1 amide bonds. The predicted molar refractivity (Wildman–Crippen MR) is 114 cm³/mol. The standard InChI is InChI=1S/C21H24N2O2S2/c1-5-25-12-11-23-18-14(2)9-10-15(3)19(18)27-21(23)22-20(24)16-7-6-8-17(13-16)26-4/h6-10,13H,5,11-12H2,1-4H3. The van der Waals surface area contributed by atoms with E-state index in [2.05, 4.69) is 35.5 Å². The molecule has 0 aliphatic rings. The van der Waals surface area contributed by atoms with E-state index in [4.69, 9.17) is 4.74 Å². The van der Waals surface area contributed by atoms with Crippen LogP contribution in [0.25, 0.3) is 10.2 Å². The Morgan fingerprint density at radius 3 is 2.74 bits per heavy atom. The van der Waals surface area contributed by atoms with Crippen LogP contribution in [0.4, 0.5) is 0 Å². The number of hydrogen-bond donors (Lipinski definition) is 0. The quantitative estimate of drug-likeness (QED) is 0.440. The van der Waals surface area contributed by atoms with Crippen molar-refractivity contribution in [1.82, 2.24) is 4.57 Å². The van der Waals surface area contributed by atoms with Crippen LogP contribution in [0.3, 0.4) is 0 Å². The normalized spacial score (nSPS) is 12.1. The molecule has 0 aliphatic heterocycles. The average Bonchev–Trinajstić information content (AvgIpc) is 3.04. The molecule has 142 valence electrons. The molecule has 1 aromatic heterocycles. The zero-order valence-electron chi connectivity index (χ0n) is 16.1. The zero-order valence-corrected chi connectivity index (χ0v) is 17.7. The summed E-state index contributed by atoms with van der Waals surface area (Å²) in [6.45, 7) is 8.12. The van der Waals surface area contributed by atoms with Crippen molar-refractivity contribution in [1.29, 1.82) is 0 Å². The SMILES string of the molecule is CCOCCn1c(=NC(=O)c2cccc(SC)c2)sc2c(C)ccc(C)c21. The minimum Gasteiger partial charge on any atom is -0.380 e. The van der Waals surface area contributed by atoms with Gasteiger partial charge in [0.25, 0.3) is 5.91 Å². The van der Waals surface area contributed by atoms with E-state index in [1.165, 1.54) is 15.8 Å². The maximum Gasteiger partial charge on any atom is 0.279 e. The van der Waals surface area contributed by atoms with Crippen molar-refractivity contribution in [3.63, 3.8) is 0 Å². The number of ether oxygens (including phenoxy) is 1. The maximum absolute atomic E-state index is 12.8. The van der Waals surface area contributed by atoms with E-state index in [-0.39, 0.29) is 5.91 Å². The van der Waals surface area contributed by atoms with Crippen LogP contribution in [0.2, 0.25) is 0 Å². The minimum absolute atomic E-state index is 0.210. The second kappa shape index (κ2) is 8.87. The van der Waals surface area contributed by atoms with E-state index < -0.39 is 0 Å². The van der Waals surface area contributed by atoms with Crippen LogP contribution in [-0.4, -0.2) is 29.9 Å². The van der Waals surface area contributed by atoms with Crippen molar-refractivity contribution in [2.75, 3.05) is 19.5 Å². The zero-order chi connectivity index (χ0) is 19.4. The maximum atomic E-state index is 12.8. The predicted octanol–water partition coefficient (Wildman–Crippen LogP) is 4.82. The molecule has 0 radical (unpaired) electrons. The first-order valence-electron chi connectivity index (χ1n) is 8.95. The molecule has 2 aromatic carbocycles. The van der Waals surface area contributed by atoms with Gasteiger partial charge in [-0.1, -0.05) is 29.5 Å². The average molecular weight is 401 g/mol. The second-order valence-corrected chi connectivity index (χ2v) is 8.12. The van der Waals surface area contributed by atoms with Crippen LogP contribution < -0.4 is 4.80 Å². The summed E-state index contributed by atoms with van der Waals surface area (Å²) < 4.78 is 8.85. The fourth-order valence-corrected chi connectivity index (χ4v) is 4.64. The van der Waals surface area contributed by atoms with E-state index in [1.807, 2.05) is 37.4 Å². The summed E-state index contributed by atoms with van der Waals surface area (Å²) in [5.74, 6) is -0.210. The number of thiazole rings is 1. The highest BCUT2D eigenvalue weighted by atomic mass is 32.2. The first kappa shape index (κ1) is 19.9. The molecule has 0 spiro atoms. The highest BCUT2D eigenvalue weighted by molar-refractivity contribution is 7.98. The molecular formula is C21H24N2O2S2. The summed E-state index contributed by atoms with van der Waals surface area (Å²) in [7, 11) is 0. The van der Waals surface area contributed by atoms with Crippen LogP contribution in [0.1, 0.15) is 28.4 Å². The fourth-order valence-electron chi connectivity index (χ4n) is 2.98. The van der Waals surface area contributed by atoms with Gasteiger partial charge in [-0.2, -0.15) is 4.99 Å². The molecule has 0 unspecified atom stereocenters. The van der Waals surface area contributed by atoms with Gasteiger partial charge in [0.1, 0.15) is 0 Å². The Kier molecular flexibility index (Phi) is 6.52. The number of hydrogen-bond acceptors (Lipinski definition) is 4. The molecule has 0 saturated heterocycles. The molecule has 3 rings (SSSR count). The summed E-state index contributed by atoms with van der Waals surface area (Å²) in [6.07, 6.45) is 2.00. The van der Waals surface area contributed by atoms with Crippen LogP contribution >= 0.6 is 23.1 Å². The lowest BCUT2D eigenvalue weighted by molar-refractivity contribution is 0.0996. The highest BCUT2D eigenvalue weighted by Crippen LogP contribution is 2.25. The molecule has 0 bridgehead atoms. The summed E-state index contributed by atoms with van der Waals surface area (Å²) in [5.41, 5.74) is 4.14. The van der Waals surface area contributed by atoms with Gasteiger partial charge in [-0.25, -0.2) is 0 Å². The van der Waals surface area contributed by atoms with Gasteiger partial charge in [-0.15, -0.1) is 11.8 Å². The lowest BCUT2D eigenvalue weighted by Crippen LogP contribution is -2.20. The van der Waals surface area contributed by atoms with Gasteiger partial charge in [-0.05, 0) is 56.4 Å². The van der Waals surface area contributed by atoms with Gasteiger partial charge in [0.05, 0.1) is 16.8 Å². The number of aromatic nitrogens is 1. The largest absolute Gasteiger partial charge is 0.380 e. The molecule has 27 heavy (non-hydrogen) atoms. The van der Waals surface area contributed by atoms with Crippen molar-refractivity contribution in [3.8, 4) is 0 Å². The second-order valence-electron chi connectivity index (χ2n) is 6.26. The summed E-state index contributed by atoms with van der Waals surface area (Å²) >= 11 is 3.19. The Morgan fingerprint density at radius 1 is 1.22 bits per heavy atom. The molecule has 0 saturated carbocycles. The topological polar surface area (TPSA) is 43.6 Å².